The SMILES string of the molecule is CCCCCS(=O)C1CCCCC1=O. The molecule has 3 heteroatoms. The molecule has 82 valence electrons. The van der Waals surface area contributed by atoms with Gasteiger partial charge in [0.25, 0.3) is 0 Å². The maximum atomic E-state index is 11.8. The number of rotatable bonds is 5. The molecule has 0 aromatic heterocycles. The van der Waals surface area contributed by atoms with Crippen LogP contribution in [0.4, 0.5) is 0 Å². The maximum absolute atomic E-state index is 11.8. The van der Waals surface area contributed by atoms with Crippen molar-refractivity contribution < 1.29 is 9.00 Å². The minimum Gasteiger partial charge on any atom is -0.298 e. The molecule has 0 heterocycles. The first-order valence-electron chi connectivity index (χ1n) is 5.65. The Bertz CT molecular complexity index is 213. The van der Waals surface area contributed by atoms with Crippen molar-refractivity contribution in [3.8, 4) is 0 Å². The van der Waals surface area contributed by atoms with Crippen molar-refractivity contribution >= 4 is 16.6 Å². The monoisotopic (exact) mass is 216 g/mol. The second-order valence-corrected chi connectivity index (χ2v) is 5.73. The molecule has 0 N–H and O–H groups in total. The van der Waals surface area contributed by atoms with Crippen molar-refractivity contribution in [2.75, 3.05) is 5.75 Å². The molecule has 0 saturated heterocycles. The Kier molecular flexibility index (Phi) is 5.38. The van der Waals surface area contributed by atoms with Gasteiger partial charge in [0.1, 0.15) is 5.78 Å². The normalized spacial score (nSPS) is 24.9. The zero-order valence-electron chi connectivity index (χ0n) is 8.96. The molecular weight excluding hydrogens is 196 g/mol. The number of Topliss-reactive ketones (excluding diaryl/α,β-unsaturated/α-hetero) is 1. The summed E-state index contributed by atoms with van der Waals surface area (Å²) in [7, 11) is -0.888. The Morgan fingerprint density at radius 1 is 1.36 bits per heavy atom. The highest BCUT2D eigenvalue weighted by Gasteiger charge is 2.26. The first-order valence-corrected chi connectivity index (χ1v) is 7.03. The highest BCUT2D eigenvalue weighted by atomic mass is 32.2. The van der Waals surface area contributed by atoms with Crippen molar-refractivity contribution in [1.29, 1.82) is 0 Å². The van der Waals surface area contributed by atoms with Gasteiger partial charge in [0.15, 0.2) is 0 Å². The van der Waals surface area contributed by atoms with Gasteiger partial charge < -0.3 is 0 Å². The summed E-state index contributed by atoms with van der Waals surface area (Å²) in [6.45, 7) is 2.13. The second-order valence-electron chi connectivity index (χ2n) is 3.99. The van der Waals surface area contributed by atoms with Crippen LogP contribution in [-0.2, 0) is 15.6 Å². The highest BCUT2D eigenvalue weighted by Crippen LogP contribution is 2.19. The van der Waals surface area contributed by atoms with E-state index in [1.54, 1.807) is 0 Å². The summed E-state index contributed by atoms with van der Waals surface area (Å²) in [5.41, 5.74) is 0. The van der Waals surface area contributed by atoms with Crippen molar-refractivity contribution in [1.82, 2.24) is 0 Å². The predicted octanol–water partition coefficient (Wildman–Crippen LogP) is 2.44. The number of carbonyl (C=O) groups is 1. The molecular formula is C11H20O2S. The minimum absolute atomic E-state index is 0.124. The maximum Gasteiger partial charge on any atom is 0.148 e. The topological polar surface area (TPSA) is 34.1 Å². The minimum atomic E-state index is -0.888. The molecule has 0 spiro atoms. The van der Waals surface area contributed by atoms with Crippen LogP contribution < -0.4 is 0 Å². The van der Waals surface area contributed by atoms with Crippen LogP contribution in [0.2, 0.25) is 0 Å². The van der Waals surface area contributed by atoms with Gasteiger partial charge in [-0.3, -0.25) is 9.00 Å². The summed E-state index contributed by atoms with van der Waals surface area (Å²) in [6.07, 6.45) is 6.88. The average Bonchev–Trinajstić information content (AvgIpc) is 2.18. The van der Waals surface area contributed by atoms with Crippen molar-refractivity contribution in [3.63, 3.8) is 0 Å². The standard InChI is InChI=1S/C11H20O2S/c1-2-3-6-9-14(13)11-8-5-4-7-10(11)12/h11H,2-9H2,1H3. The summed E-state index contributed by atoms with van der Waals surface area (Å²) in [5.74, 6) is 0.968. The number of unbranched alkanes of at least 4 members (excludes halogenated alkanes) is 2. The van der Waals surface area contributed by atoms with Crippen LogP contribution in [0.25, 0.3) is 0 Å². The first-order chi connectivity index (χ1) is 6.75. The first kappa shape index (κ1) is 11.9. The van der Waals surface area contributed by atoms with E-state index in [4.69, 9.17) is 0 Å². The van der Waals surface area contributed by atoms with Crippen LogP contribution >= 0.6 is 0 Å². The molecule has 0 amide bonds. The van der Waals surface area contributed by atoms with Gasteiger partial charge in [0, 0.05) is 23.0 Å². The summed E-state index contributed by atoms with van der Waals surface area (Å²) in [5, 5.41) is -0.124. The van der Waals surface area contributed by atoms with E-state index in [-0.39, 0.29) is 11.0 Å². The molecule has 2 atom stereocenters. The van der Waals surface area contributed by atoms with Crippen LogP contribution in [0.15, 0.2) is 0 Å². The second kappa shape index (κ2) is 6.33. The van der Waals surface area contributed by atoms with E-state index < -0.39 is 10.8 Å². The Balaban J connectivity index is 2.31. The lowest BCUT2D eigenvalue weighted by molar-refractivity contribution is -0.119. The Hall–Kier alpha value is -0.180. The molecule has 1 fully saturated rings. The van der Waals surface area contributed by atoms with E-state index in [0.29, 0.717) is 6.42 Å². The molecule has 2 nitrogen and oxygen atoms in total. The van der Waals surface area contributed by atoms with Gasteiger partial charge in [-0.05, 0) is 19.3 Å². The zero-order valence-corrected chi connectivity index (χ0v) is 9.78. The molecule has 1 saturated carbocycles. The van der Waals surface area contributed by atoms with Gasteiger partial charge in [0.05, 0.1) is 5.25 Å². The molecule has 0 bridgehead atoms. The molecule has 0 aromatic carbocycles. The molecule has 0 aliphatic heterocycles. The predicted molar refractivity (Wildman–Crippen MR) is 59.8 cm³/mol. The molecule has 1 aliphatic rings. The molecule has 14 heavy (non-hydrogen) atoms. The zero-order chi connectivity index (χ0) is 10.4. The fraction of sp³-hybridized carbons (Fsp3) is 0.909. The summed E-state index contributed by atoms with van der Waals surface area (Å²) in [4.78, 5) is 11.5. The Morgan fingerprint density at radius 2 is 2.14 bits per heavy atom. The highest BCUT2D eigenvalue weighted by molar-refractivity contribution is 7.86. The fourth-order valence-electron chi connectivity index (χ4n) is 1.87. The number of hydrogen-bond donors (Lipinski definition) is 0. The van der Waals surface area contributed by atoms with E-state index in [1.807, 2.05) is 0 Å². The van der Waals surface area contributed by atoms with Crippen LogP contribution in [0.3, 0.4) is 0 Å². The Morgan fingerprint density at radius 3 is 2.79 bits per heavy atom. The van der Waals surface area contributed by atoms with E-state index in [0.717, 1.165) is 44.3 Å². The summed E-state index contributed by atoms with van der Waals surface area (Å²) in [6, 6.07) is 0. The van der Waals surface area contributed by atoms with Gasteiger partial charge >= 0.3 is 0 Å². The van der Waals surface area contributed by atoms with E-state index in [1.165, 1.54) is 0 Å². The van der Waals surface area contributed by atoms with E-state index >= 15 is 0 Å². The molecule has 0 radical (unpaired) electrons. The van der Waals surface area contributed by atoms with Gasteiger partial charge in [0.2, 0.25) is 0 Å². The average molecular weight is 216 g/mol. The fourth-order valence-corrected chi connectivity index (χ4v) is 3.48. The number of carbonyl (C=O) groups excluding carboxylic acids is 1. The van der Waals surface area contributed by atoms with Crippen LogP contribution in [0.1, 0.15) is 51.9 Å². The lowest BCUT2D eigenvalue weighted by Crippen LogP contribution is -2.30. The van der Waals surface area contributed by atoms with Gasteiger partial charge in [-0.2, -0.15) is 0 Å². The van der Waals surface area contributed by atoms with Crippen molar-refractivity contribution in [3.05, 3.63) is 0 Å². The van der Waals surface area contributed by atoms with Gasteiger partial charge in [-0.1, -0.05) is 26.2 Å². The van der Waals surface area contributed by atoms with Crippen LogP contribution in [0.5, 0.6) is 0 Å². The molecule has 2 unspecified atom stereocenters. The lowest BCUT2D eigenvalue weighted by atomic mass is 9.99. The number of hydrogen-bond acceptors (Lipinski definition) is 2. The molecule has 1 aliphatic carbocycles. The largest absolute Gasteiger partial charge is 0.298 e. The summed E-state index contributed by atoms with van der Waals surface area (Å²) >= 11 is 0. The summed E-state index contributed by atoms with van der Waals surface area (Å²) < 4.78 is 11.8. The van der Waals surface area contributed by atoms with Crippen molar-refractivity contribution in [2.24, 2.45) is 0 Å². The quantitative estimate of drug-likeness (QED) is 0.661. The third-order valence-corrected chi connectivity index (χ3v) is 4.59. The molecule has 1 rings (SSSR count). The number of ketones is 1. The van der Waals surface area contributed by atoms with Gasteiger partial charge in [-0.25, -0.2) is 0 Å². The van der Waals surface area contributed by atoms with Crippen molar-refractivity contribution in [2.45, 2.75) is 57.1 Å². The Labute approximate surface area is 88.9 Å². The smallest absolute Gasteiger partial charge is 0.148 e. The van der Waals surface area contributed by atoms with Crippen LogP contribution in [-0.4, -0.2) is 21.0 Å². The third kappa shape index (κ3) is 3.52. The molecule has 0 aromatic rings. The van der Waals surface area contributed by atoms with Gasteiger partial charge in [-0.15, -0.1) is 0 Å². The van der Waals surface area contributed by atoms with Crippen LogP contribution in [0, 0.1) is 0 Å². The lowest BCUT2D eigenvalue weighted by Gasteiger charge is -2.19. The van der Waals surface area contributed by atoms with E-state index in [9.17, 15) is 9.00 Å². The third-order valence-electron chi connectivity index (χ3n) is 2.77. The van der Waals surface area contributed by atoms with E-state index in [2.05, 4.69) is 6.92 Å².